The van der Waals surface area contributed by atoms with E-state index in [1.54, 1.807) is 12.1 Å². The lowest BCUT2D eigenvalue weighted by Gasteiger charge is -2.15. The van der Waals surface area contributed by atoms with Crippen molar-refractivity contribution in [3.05, 3.63) is 93.5 Å². The van der Waals surface area contributed by atoms with Gasteiger partial charge >= 0.3 is 0 Å². The molecule has 0 unspecified atom stereocenters. The van der Waals surface area contributed by atoms with Crippen molar-refractivity contribution in [1.29, 1.82) is 0 Å². The number of carbonyl (C=O) groups is 1. The van der Waals surface area contributed by atoms with E-state index in [1.165, 1.54) is 6.07 Å². The van der Waals surface area contributed by atoms with Gasteiger partial charge in [0.15, 0.2) is 11.6 Å². The number of halogens is 3. The molecule has 0 saturated heterocycles. The Morgan fingerprint density at radius 1 is 1.04 bits per heavy atom. The van der Waals surface area contributed by atoms with Gasteiger partial charge in [-0.3, -0.25) is 4.79 Å². The summed E-state index contributed by atoms with van der Waals surface area (Å²) >= 11 is 3.37. The highest BCUT2D eigenvalue weighted by Crippen LogP contribution is 2.29. The third kappa shape index (κ3) is 4.75. The second-order valence-electron chi connectivity index (χ2n) is 6.36. The maximum absolute atomic E-state index is 14.5. The van der Waals surface area contributed by atoms with E-state index in [9.17, 15) is 13.6 Å². The van der Waals surface area contributed by atoms with Crippen LogP contribution in [0.25, 0.3) is 0 Å². The Balaban J connectivity index is 1.80. The van der Waals surface area contributed by atoms with Crippen molar-refractivity contribution < 1.29 is 13.6 Å². The van der Waals surface area contributed by atoms with E-state index >= 15 is 0 Å². The summed E-state index contributed by atoms with van der Waals surface area (Å²) in [6, 6.07) is 17.3. The number of amides is 1. The van der Waals surface area contributed by atoms with E-state index in [-0.39, 0.29) is 11.3 Å². The molecule has 2 N–H and O–H groups in total. The van der Waals surface area contributed by atoms with Gasteiger partial charge in [0, 0.05) is 16.7 Å². The molecule has 0 atom stereocenters. The third-order valence-corrected chi connectivity index (χ3v) is 4.82. The number of benzene rings is 3. The first-order valence-corrected chi connectivity index (χ1v) is 9.58. The molecule has 28 heavy (non-hydrogen) atoms. The van der Waals surface area contributed by atoms with Gasteiger partial charge in [0.25, 0.3) is 5.91 Å². The van der Waals surface area contributed by atoms with Crippen LogP contribution in [0.15, 0.2) is 65.1 Å². The lowest BCUT2D eigenvalue weighted by atomic mass is 10.1. The molecule has 3 nitrogen and oxygen atoms in total. The SMILES string of the molecule is Cc1cc(Br)ccc1Nc1c(C(=O)NCCc2ccccc2)ccc(F)c1F. The Hall–Kier alpha value is -2.73. The molecule has 0 aliphatic heterocycles. The largest absolute Gasteiger partial charge is 0.352 e. The number of carbonyl (C=O) groups excluding carboxylic acids is 1. The molecule has 0 spiro atoms. The fourth-order valence-corrected chi connectivity index (χ4v) is 3.30. The molecular formula is C22H19BrF2N2O. The van der Waals surface area contributed by atoms with Crippen molar-refractivity contribution in [2.24, 2.45) is 0 Å². The van der Waals surface area contributed by atoms with Crippen LogP contribution >= 0.6 is 15.9 Å². The summed E-state index contributed by atoms with van der Waals surface area (Å²) in [6.07, 6.45) is 0.644. The zero-order valence-corrected chi connectivity index (χ0v) is 16.8. The van der Waals surface area contributed by atoms with Crippen LogP contribution in [0.1, 0.15) is 21.5 Å². The third-order valence-electron chi connectivity index (χ3n) is 4.33. The average molecular weight is 445 g/mol. The summed E-state index contributed by atoms with van der Waals surface area (Å²) in [7, 11) is 0. The maximum atomic E-state index is 14.5. The summed E-state index contributed by atoms with van der Waals surface area (Å²) in [4.78, 5) is 12.6. The van der Waals surface area contributed by atoms with E-state index in [4.69, 9.17) is 0 Å². The van der Waals surface area contributed by atoms with Crippen LogP contribution in [0.4, 0.5) is 20.2 Å². The number of rotatable bonds is 6. The first kappa shape index (κ1) is 20.0. The van der Waals surface area contributed by atoms with E-state index in [0.29, 0.717) is 18.7 Å². The van der Waals surface area contributed by atoms with Crippen molar-refractivity contribution in [3.8, 4) is 0 Å². The molecule has 0 radical (unpaired) electrons. The molecule has 6 heteroatoms. The van der Waals surface area contributed by atoms with Crippen LogP contribution in [-0.2, 0) is 6.42 Å². The van der Waals surface area contributed by atoms with Crippen molar-refractivity contribution in [2.45, 2.75) is 13.3 Å². The normalized spacial score (nSPS) is 10.6. The monoisotopic (exact) mass is 444 g/mol. The van der Waals surface area contributed by atoms with Gasteiger partial charge in [-0.1, -0.05) is 46.3 Å². The number of hydrogen-bond donors (Lipinski definition) is 2. The van der Waals surface area contributed by atoms with Gasteiger partial charge in [-0.2, -0.15) is 0 Å². The zero-order chi connectivity index (χ0) is 20.1. The highest BCUT2D eigenvalue weighted by molar-refractivity contribution is 9.10. The molecular weight excluding hydrogens is 426 g/mol. The van der Waals surface area contributed by atoms with Gasteiger partial charge in [-0.05, 0) is 54.8 Å². The number of hydrogen-bond acceptors (Lipinski definition) is 2. The summed E-state index contributed by atoms with van der Waals surface area (Å²) in [5.41, 5.74) is 2.37. The Morgan fingerprint density at radius 2 is 1.79 bits per heavy atom. The molecule has 3 aromatic rings. The van der Waals surface area contributed by atoms with Crippen molar-refractivity contribution in [2.75, 3.05) is 11.9 Å². The Labute approximate surface area is 170 Å². The molecule has 0 saturated carbocycles. The van der Waals surface area contributed by atoms with E-state index < -0.39 is 17.5 Å². The van der Waals surface area contributed by atoms with Gasteiger partial charge < -0.3 is 10.6 Å². The standard InChI is InChI=1S/C22H19BrF2N2O/c1-14-13-16(23)7-10-19(14)27-21-17(8-9-18(24)20(21)25)22(28)26-12-11-15-5-3-2-4-6-15/h2-10,13,27H,11-12H2,1H3,(H,26,28). The maximum Gasteiger partial charge on any atom is 0.253 e. The van der Waals surface area contributed by atoms with Gasteiger partial charge in [0.05, 0.1) is 11.3 Å². The molecule has 3 aromatic carbocycles. The molecule has 0 aromatic heterocycles. The molecule has 0 aliphatic carbocycles. The fraction of sp³-hybridized carbons (Fsp3) is 0.136. The second-order valence-corrected chi connectivity index (χ2v) is 7.28. The predicted molar refractivity (Wildman–Crippen MR) is 111 cm³/mol. The smallest absolute Gasteiger partial charge is 0.253 e. The minimum absolute atomic E-state index is 0.0503. The molecule has 0 aliphatic rings. The summed E-state index contributed by atoms with van der Waals surface area (Å²) in [5, 5.41) is 5.64. The van der Waals surface area contributed by atoms with Crippen LogP contribution < -0.4 is 10.6 Å². The Morgan fingerprint density at radius 3 is 2.50 bits per heavy atom. The molecule has 1 amide bonds. The summed E-state index contributed by atoms with van der Waals surface area (Å²) in [6.45, 7) is 2.22. The van der Waals surface area contributed by atoms with Crippen LogP contribution in [0.3, 0.4) is 0 Å². The first-order valence-electron chi connectivity index (χ1n) is 8.79. The second kappa shape index (κ2) is 8.97. The average Bonchev–Trinajstić information content (AvgIpc) is 2.68. The van der Waals surface area contributed by atoms with Crippen molar-refractivity contribution >= 4 is 33.2 Å². The number of aryl methyl sites for hydroxylation is 1. The fourth-order valence-electron chi connectivity index (χ4n) is 2.82. The zero-order valence-electron chi connectivity index (χ0n) is 15.2. The lowest BCUT2D eigenvalue weighted by Crippen LogP contribution is -2.26. The van der Waals surface area contributed by atoms with Crippen LogP contribution in [0, 0.1) is 18.6 Å². The van der Waals surface area contributed by atoms with E-state index in [2.05, 4.69) is 26.6 Å². The van der Waals surface area contributed by atoms with Crippen molar-refractivity contribution in [3.63, 3.8) is 0 Å². The van der Waals surface area contributed by atoms with Gasteiger partial charge in [-0.15, -0.1) is 0 Å². The van der Waals surface area contributed by atoms with Crippen LogP contribution in [0.5, 0.6) is 0 Å². The van der Waals surface area contributed by atoms with Gasteiger partial charge in [0.2, 0.25) is 0 Å². The quantitative estimate of drug-likeness (QED) is 0.507. The van der Waals surface area contributed by atoms with Crippen LogP contribution in [0.2, 0.25) is 0 Å². The van der Waals surface area contributed by atoms with E-state index in [0.717, 1.165) is 21.7 Å². The first-order chi connectivity index (χ1) is 13.5. The van der Waals surface area contributed by atoms with Gasteiger partial charge in [0.1, 0.15) is 0 Å². The molecule has 0 heterocycles. The minimum atomic E-state index is -1.09. The van der Waals surface area contributed by atoms with Crippen molar-refractivity contribution in [1.82, 2.24) is 5.32 Å². The molecule has 144 valence electrons. The molecule has 3 rings (SSSR count). The Kier molecular flexibility index (Phi) is 6.41. The summed E-state index contributed by atoms with van der Waals surface area (Å²) in [5.74, 6) is -2.57. The topological polar surface area (TPSA) is 41.1 Å². The lowest BCUT2D eigenvalue weighted by molar-refractivity contribution is 0.0954. The highest BCUT2D eigenvalue weighted by Gasteiger charge is 2.19. The van der Waals surface area contributed by atoms with E-state index in [1.807, 2.05) is 43.3 Å². The minimum Gasteiger partial charge on any atom is -0.352 e. The summed E-state index contributed by atoms with van der Waals surface area (Å²) < 4.78 is 29.2. The molecule has 0 bridgehead atoms. The predicted octanol–water partition coefficient (Wildman–Crippen LogP) is 5.75. The Bertz CT molecular complexity index is 993. The molecule has 0 fully saturated rings. The van der Waals surface area contributed by atoms with Crippen LogP contribution in [-0.4, -0.2) is 12.5 Å². The number of anilines is 2. The highest BCUT2D eigenvalue weighted by atomic mass is 79.9. The number of nitrogens with one attached hydrogen (secondary N) is 2. The van der Waals surface area contributed by atoms with Gasteiger partial charge in [-0.25, -0.2) is 8.78 Å².